The summed E-state index contributed by atoms with van der Waals surface area (Å²) in [6.07, 6.45) is 1.31. The minimum atomic E-state index is -3.61. The summed E-state index contributed by atoms with van der Waals surface area (Å²) < 4.78 is 29.8. The van der Waals surface area contributed by atoms with Crippen LogP contribution in [0.2, 0.25) is 0 Å². The maximum atomic E-state index is 12.9. The number of nitrogens with one attached hydrogen (secondary N) is 1. The van der Waals surface area contributed by atoms with E-state index in [0.29, 0.717) is 25.1 Å². The highest BCUT2D eigenvalue weighted by atomic mass is 79.9. The number of benzene rings is 1. The van der Waals surface area contributed by atoms with Crippen molar-refractivity contribution in [2.45, 2.75) is 31.6 Å². The molecule has 1 atom stereocenters. The number of aromatic nitrogens is 2. The fourth-order valence-electron chi connectivity index (χ4n) is 3.31. The molecular weight excluding hydrogens is 432 g/mol. The van der Waals surface area contributed by atoms with E-state index < -0.39 is 10.0 Å². The van der Waals surface area contributed by atoms with Crippen molar-refractivity contribution < 1.29 is 13.2 Å². The Labute approximate surface area is 167 Å². The zero-order chi connectivity index (χ0) is 19.8. The van der Waals surface area contributed by atoms with Gasteiger partial charge in [-0.25, -0.2) is 8.42 Å². The Morgan fingerprint density at radius 2 is 1.93 bits per heavy atom. The molecule has 2 heterocycles. The van der Waals surface area contributed by atoms with Crippen molar-refractivity contribution in [1.82, 2.24) is 14.1 Å². The smallest absolute Gasteiger partial charge is 0.243 e. The molecule has 0 unspecified atom stereocenters. The predicted octanol–water partition coefficient (Wildman–Crippen LogP) is 2.84. The van der Waals surface area contributed by atoms with Gasteiger partial charge in [0.1, 0.15) is 0 Å². The summed E-state index contributed by atoms with van der Waals surface area (Å²) in [7, 11) is -1.79. The first-order valence-corrected chi connectivity index (χ1v) is 11.0. The van der Waals surface area contributed by atoms with E-state index in [4.69, 9.17) is 0 Å². The van der Waals surface area contributed by atoms with Gasteiger partial charge in [0.05, 0.1) is 27.9 Å². The summed E-state index contributed by atoms with van der Waals surface area (Å²) in [5.41, 5.74) is 2.32. The molecule has 1 amide bonds. The summed E-state index contributed by atoms with van der Waals surface area (Å²) in [4.78, 5) is 13.0. The molecular formula is C18H23BrN4O3S. The number of sulfonamides is 1. The monoisotopic (exact) mass is 454 g/mol. The fourth-order valence-corrected chi connectivity index (χ4v) is 5.10. The minimum Gasteiger partial charge on any atom is -0.323 e. The van der Waals surface area contributed by atoms with E-state index in [9.17, 15) is 13.2 Å². The Hall–Kier alpha value is -1.71. The second-order valence-corrected chi connectivity index (χ2v) is 9.67. The molecule has 1 aromatic carbocycles. The van der Waals surface area contributed by atoms with E-state index in [-0.39, 0.29) is 23.3 Å². The number of amides is 1. The van der Waals surface area contributed by atoms with Gasteiger partial charge in [0.25, 0.3) is 0 Å². The third-order valence-electron chi connectivity index (χ3n) is 4.96. The molecule has 0 bridgehead atoms. The third kappa shape index (κ3) is 4.09. The lowest BCUT2D eigenvalue weighted by Crippen LogP contribution is -2.43. The van der Waals surface area contributed by atoms with Gasteiger partial charge in [-0.15, -0.1) is 0 Å². The van der Waals surface area contributed by atoms with E-state index >= 15 is 0 Å². The van der Waals surface area contributed by atoms with Crippen LogP contribution >= 0.6 is 15.9 Å². The molecule has 3 rings (SSSR count). The lowest BCUT2D eigenvalue weighted by Gasteiger charge is -2.31. The largest absolute Gasteiger partial charge is 0.323 e. The van der Waals surface area contributed by atoms with Crippen LogP contribution in [0.1, 0.15) is 24.2 Å². The first-order chi connectivity index (χ1) is 12.7. The van der Waals surface area contributed by atoms with Crippen molar-refractivity contribution in [2.75, 3.05) is 18.4 Å². The van der Waals surface area contributed by atoms with Gasteiger partial charge in [-0.2, -0.15) is 9.40 Å². The van der Waals surface area contributed by atoms with Gasteiger partial charge >= 0.3 is 0 Å². The number of aryl methyl sites for hydroxylation is 2. The van der Waals surface area contributed by atoms with Gasteiger partial charge in [0.2, 0.25) is 15.9 Å². The lowest BCUT2D eigenvalue weighted by atomic mass is 9.98. The van der Waals surface area contributed by atoms with Gasteiger partial charge in [0, 0.05) is 24.6 Å². The highest BCUT2D eigenvalue weighted by Crippen LogP contribution is 2.26. The predicted molar refractivity (Wildman–Crippen MR) is 107 cm³/mol. The van der Waals surface area contributed by atoms with Crippen LogP contribution in [0.5, 0.6) is 0 Å². The lowest BCUT2D eigenvalue weighted by molar-refractivity contribution is -0.120. The van der Waals surface area contributed by atoms with Crippen LogP contribution in [0.15, 0.2) is 33.6 Å². The number of halogens is 1. The maximum Gasteiger partial charge on any atom is 0.243 e. The van der Waals surface area contributed by atoms with Crippen molar-refractivity contribution in [3.05, 3.63) is 40.1 Å². The normalized spacial score (nSPS) is 18.4. The topological polar surface area (TPSA) is 84.3 Å². The van der Waals surface area contributed by atoms with Gasteiger partial charge in [0.15, 0.2) is 0 Å². The SMILES string of the molecule is Cc1nn(C)c(C)c1NC(=O)[C@@H]1CCCN(S(=O)(=O)c2ccc(Br)cc2)C1. The number of nitrogens with zero attached hydrogens (tertiary/aromatic N) is 3. The number of piperidine rings is 1. The van der Waals surface area contributed by atoms with Gasteiger partial charge in [-0.05, 0) is 51.0 Å². The highest BCUT2D eigenvalue weighted by molar-refractivity contribution is 9.10. The molecule has 1 aliphatic heterocycles. The molecule has 0 radical (unpaired) electrons. The van der Waals surface area contributed by atoms with Crippen molar-refractivity contribution in [3.63, 3.8) is 0 Å². The number of carbonyl (C=O) groups excluding carboxylic acids is 1. The molecule has 0 saturated carbocycles. The Bertz CT molecular complexity index is 954. The quantitative estimate of drug-likeness (QED) is 0.769. The summed E-state index contributed by atoms with van der Waals surface area (Å²) in [5, 5.41) is 7.24. The summed E-state index contributed by atoms with van der Waals surface area (Å²) in [5.74, 6) is -0.548. The van der Waals surface area contributed by atoms with Crippen molar-refractivity contribution in [1.29, 1.82) is 0 Å². The zero-order valence-corrected chi connectivity index (χ0v) is 18.0. The van der Waals surface area contributed by atoms with Gasteiger partial charge < -0.3 is 5.32 Å². The number of hydrogen-bond acceptors (Lipinski definition) is 4. The van der Waals surface area contributed by atoms with Crippen molar-refractivity contribution in [2.24, 2.45) is 13.0 Å². The molecule has 9 heteroatoms. The average Bonchev–Trinajstić information content (AvgIpc) is 2.88. The average molecular weight is 455 g/mol. The van der Waals surface area contributed by atoms with Crippen LogP contribution in [0.25, 0.3) is 0 Å². The van der Waals surface area contributed by atoms with E-state index in [1.54, 1.807) is 28.9 Å². The molecule has 146 valence electrons. The van der Waals surface area contributed by atoms with Gasteiger partial charge in [-0.1, -0.05) is 15.9 Å². The minimum absolute atomic E-state index is 0.162. The second-order valence-electron chi connectivity index (χ2n) is 6.81. The Morgan fingerprint density at radius 1 is 1.26 bits per heavy atom. The molecule has 27 heavy (non-hydrogen) atoms. The second kappa shape index (κ2) is 7.73. The van der Waals surface area contributed by atoms with Crippen LogP contribution in [0.4, 0.5) is 5.69 Å². The Balaban J connectivity index is 1.75. The maximum absolute atomic E-state index is 12.9. The van der Waals surface area contributed by atoms with Crippen LogP contribution in [0, 0.1) is 19.8 Å². The molecule has 0 spiro atoms. The van der Waals surface area contributed by atoms with Crippen molar-refractivity contribution >= 4 is 37.5 Å². The molecule has 1 saturated heterocycles. The standard InChI is InChI=1S/C18H23BrN4O3S/c1-12-17(13(2)22(3)21-12)20-18(24)14-5-4-10-23(11-14)27(25,26)16-8-6-15(19)7-9-16/h6-9,14H,4-5,10-11H2,1-3H3,(H,20,24)/t14-/m1/s1. The third-order valence-corrected chi connectivity index (χ3v) is 7.37. The molecule has 0 aliphatic carbocycles. The van der Waals surface area contributed by atoms with E-state index in [0.717, 1.165) is 15.9 Å². The number of anilines is 1. The zero-order valence-electron chi connectivity index (χ0n) is 15.6. The number of carbonyl (C=O) groups is 1. The molecule has 1 aliphatic rings. The first kappa shape index (κ1) is 20.0. The van der Waals surface area contributed by atoms with E-state index in [2.05, 4.69) is 26.3 Å². The summed E-state index contributed by atoms with van der Waals surface area (Å²) in [6, 6.07) is 6.56. The Kier molecular flexibility index (Phi) is 5.73. The number of rotatable bonds is 4. The van der Waals surface area contributed by atoms with Crippen LogP contribution < -0.4 is 5.32 Å². The number of hydrogen-bond donors (Lipinski definition) is 1. The first-order valence-electron chi connectivity index (χ1n) is 8.77. The Morgan fingerprint density at radius 3 is 2.52 bits per heavy atom. The van der Waals surface area contributed by atoms with Gasteiger partial charge in [-0.3, -0.25) is 9.48 Å². The molecule has 2 aromatic rings. The van der Waals surface area contributed by atoms with Crippen molar-refractivity contribution in [3.8, 4) is 0 Å². The van der Waals surface area contributed by atoms with E-state index in [1.807, 2.05) is 20.9 Å². The molecule has 1 aromatic heterocycles. The van der Waals surface area contributed by atoms with Crippen LogP contribution in [-0.2, 0) is 21.9 Å². The fraction of sp³-hybridized carbons (Fsp3) is 0.444. The summed E-state index contributed by atoms with van der Waals surface area (Å²) in [6.45, 7) is 4.34. The molecule has 1 fully saturated rings. The van der Waals surface area contributed by atoms with Crippen LogP contribution in [-0.4, -0.2) is 41.5 Å². The highest BCUT2D eigenvalue weighted by Gasteiger charge is 2.33. The molecule has 1 N–H and O–H groups in total. The molecule has 7 nitrogen and oxygen atoms in total. The summed E-state index contributed by atoms with van der Waals surface area (Å²) >= 11 is 3.31. The van der Waals surface area contributed by atoms with E-state index in [1.165, 1.54) is 4.31 Å². The van der Waals surface area contributed by atoms with Crippen LogP contribution in [0.3, 0.4) is 0 Å².